The van der Waals surface area contributed by atoms with Crippen molar-refractivity contribution in [2.75, 3.05) is 5.32 Å². The first-order valence-electron chi connectivity index (χ1n) is 7.29. The van der Waals surface area contributed by atoms with Crippen LogP contribution in [0.3, 0.4) is 0 Å². The topological polar surface area (TPSA) is 37.8 Å². The normalized spacial score (nSPS) is 15.9. The summed E-state index contributed by atoms with van der Waals surface area (Å²) >= 11 is 12.2. The van der Waals surface area contributed by atoms with Crippen LogP contribution in [-0.4, -0.2) is 16.2 Å². The second kappa shape index (κ2) is 6.63. The molecule has 1 aliphatic carbocycles. The van der Waals surface area contributed by atoms with Crippen molar-refractivity contribution in [3.8, 4) is 11.3 Å². The van der Waals surface area contributed by atoms with Gasteiger partial charge in [0.05, 0.1) is 15.7 Å². The van der Waals surface area contributed by atoms with Gasteiger partial charge in [0.1, 0.15) is 5.82 Å². The Morgan fingerprint density at radius 3 is 2.48 bits per heavy atom. The molecule has 110 valence electrons. The number of benzene rings is 1. The molecule has 1 fully saturated rings. The van der Waals surface area contributed by atoms with Gasteiger partial charge < -0.3 is 5.32 Å². The van der Waals surface area contributed by atoms with Crippen molar-refractivity contribution in [2.45, 2.75) is 38.1 Å². The monoisotopic (exact) mass is 321 g/mol. The van der Waals surface area contributed by atoms with Crippen molar-refractivity contribution in [1.29, 1.82) is 0 Å². The van der Waals surface area contributed by atoms with Gasteiger partial charge in [-0.05, 0) is 31.0 Å². The highest BCUT2D eigenvalue weighted by atomic mass is 35.5. The molecule has 1 aromatic carbocycles. The molecule has 1 aromatic heterocycles. The Morgan fingerprint density at radius 2 is 1.76 bits per heavy atom. The highest BCUT2D eigenvalue weighted by Gasteiger charge is 2.14. The second-order valence-electron chi connectivity index (χ2n) is 5.38. The van der Waals surface area contributed by atoms with Gasteiger partial charge >= 0.3 is 0 Å². The Labute approximate surface area is 134 Å². The lowest BCUT2D eigenvalue weighted by Crippen LogP contribution is -2.22. The van der Waals surface area contributed by atoms with Crippen molar-refractivity contribution in [1.82, 2.24) is 10.2 Å². The summed E-state index contributed by atoms with van der Waals surface area (Å²) in [6, 6.07) is 9.92. The Balaban J connectivity index is 1.75. The minimum Gasteiger partial charge on any atom is -0.366 e. The molecule has 1 aliphatic rings. The fourth-order valence-electron chi connectivity index (χ4n) is 2.71. The quantitative estimate of drug-likeness (QED) is 0.844. The molecule has 0 aliphatic heterocycles. The van der Waals surface area contributed by atoms with Crippen LogP contribution in [0.2, 0.25) is 10.0 Å². The summed E-state index contributed by atoms with van der Waals surface area (Å²) in [6.45, 7) is 0. The molecule has 0 radical (unpaired) electrons. The van der Waals surface area contributed by atoms with E-state index in [0.29, 0.717) is 16.1 Å². The molecule has 2 aromatic rings. The van der Waals surface area contributed by atoms with E-state index >= 15 is 0 Å². The van der Waals surface area contributed by atoms with Crippen LogP contribution in [0.4, 0.5) is 5.82 Å². The summed E-state index contributed by atoms with van der Waals surface area (Å²) in [7, 11) is 0. The van der Waals surface area contributed by atoms with Gasteiger partial charge in [0.2, 0.25) is 0 Å². The molecule has 1 heterocycles. The van der Waals surface area contributed by atoms with Crippen LogP contribution in [-0.2, 0) is 0 Å². The summed E-state index contributed by atoms with van der Waals surface area (Å²) in [6.07, 6.45) is 6.35. The standard InChI is InChI=1S/C16H17Cl2N3/c17-13-8-4-7-12(16(13)18)14-9-10-15(21-20-14)19-11-5-2-1-3-6-11/h4,7-11H,1-3,5-6H2,(H,19,21). The van der Waals surface area contributed by atoms with Crippen LogP contribution < -0.4 is 5.32 Å². The first kappa shape index (κ1) is 14.6. The third-order valence-electron chi connectivity index (χ3n) is 3.85. The van der Waals surface area contributed by atoms with Gasteiger partial charge in [-0.1, -0.05) is 54.6 Å². The van der Waals surface area contributed by atoms with Gasteiger partial charge in [-0.2, -0.15) is 0 Å². The lowest BCUT2D eigenvalue weighted by molar-refractivity contribution is 0.461. The van der Waals surface area contributed by atoms with E-state index in [1.165, 1.54) is 32.1 Å². The van der Waals surface area contributed by atoms with Gasteiger partial charge in [-0.25, -0.2) is 0 Å². The zero-order valence-corrected chi connectivity index (χ0v) is 13.2. The van der Waals surface area contributed by atoms with Crippen LogP contribution in [0.25, 0.3) is 11.3 Å². The summed E-state index contributed by atoms with van der Waals surface area (Å²) in [5.41, 5.74) is 1.54. The molecule has 0 spiro atoms. The average molecular weight is 322 g/mol. The smallest absolute Gasteiger partial charge is 0.148 e. The number of hydrogen-bond donors (Lipinski definition) is 1. The Morgan fingerprint density at radius 1 is 0.952 bits per heavy atom. The van der Waals surface area contributed by atoms with E-state index in [0.717, 1.165) is 17.1 Å². The lowest BCUT2D eigenvalue weighted by Gasteiger charge is -2.22. The maximum atomic E-state index is 6.21. The van der Waals surface area contributed by atoms with E-state index in [-0.39, 0.29) is 0 Å². The first-order valence-corrected chi connectivity index (χ1v) is 8.04. The van der Waals surface area contributed by atoms with Crippen molar-refractivity contribution in [2.24, 2.45) is 0 Å². The van der Waals surface area contributed by atoms with Gasteiger partial charge in [-0.15, -0.1) is 10.2 Å². The zero-order chi connectivity index (χ0) is 14.7. The summed E-state index contributed by atoms with van der Waals surface area (Å²) < 4.78 is 0. The molecule has 1 saturated carbocycles. The van der Waals surface area contributed by atoms with Crippen LogP contribution in [0.15, 0.2) is 30.3 Å². The number of nitrogens with one attached hydrogen (secondary N) is 1. The molecule has 21 heavy (non-hydrogen) atoms. The summed E-state index contributed by atoms with van der Waals surface area (Å²) in [5, 5.41) is 13.0. The highest BCUT2D eigenvalue weighted by Crippen LogP contribution is 2.32. The molecule has 5 heteroatoms. The molecule has 3 rings (SSSR count). The van der Waals surface area contributed by atoms with E-state index in [1.54, 1.807) is 6.07 Å². The Kier molecular flexibility index (Phi) is 4.61. The first-order chi connectivity index (χ1) is 10.2. The molecule has 0 saturated heterocycles. The minimum absolute atomic E-state index is 0.515. The van der Waals surface area contributed by atoms with Crippen LogP contribution in [0.5, 0.6) is 0 Å². The SMILES string of the molecule is Clc1cccc(-c2ccc(NC3CCCCC3)nn2)c1Cl. The van der Waals surface area contributed by atoms with Crippen LogP contribution in [0.1, 0.15) is 32.1 Å². The Hall–Kier alpha value is -1.32. The van der Waals surface area contributed by atoms with Crippen molar-refractivity contribution in [3.05, 3.63) is 40.4 Å². The van der Waals surface area contributed by atoms with Crippen molar-refractivity contribution < 1.29 is 0 Å². The maximum Gasteiger partial charge on any atom is 0.148 e. The van der Waals surface area contributed by atoms with E-state index in [1.807, 2.05) is 24.3 Å². The number of nitrogens with zero attached hydrogens (tertiary/aromatic N) is 2. The zero-order valence-electron chi connectivity index (χ0n) is 11.6. The Bertz CT molecular complexity index is 607. The molecule has 1 N–H and O–H groups in total. The maximum absolute atomic E-state index is 6.21. The van der Waals surface area contributed by atoms with E-state index < -0.39 is 0 Å². The molecule has 3 nitrogen and oxygen atoms in total. The minimum atomic E-state index is 0.515. The molecule has 0 amide bonds. The average Bonchev–Trinajstić information content (AvgIpc) is 2.52. The fraction of sp³-hybridized carbons (Fsp3) is 0.375. The number of halogens is 2. The number of aromatic nitrogens is 2. The van der Waals surface area contributed by atoms with Crippen LogP contribution >= 0.6 is 23.2 Å². The van der Waals surface area contributed by atoms with Crippen molar-refractivity contribution in [3.63, 3.8) is 0 Å². The summed E-state index contributed by atoms with van der Waals surface area (Å²) in [5.74, 6) is 0.823. The molecule has 0 unspecified atom stereocenters. The molecular weight excluding hydrogens is 305 g/mol. The van der Waals surface area contributed by atoms with Crippen molar-refractivity contribution >= 4 is 29.0 Å². The number of rotatable bonds is 3. The largest absolute Gasteiger partial charge is 0.366 e. The van der Waals surface area contributed by atoms with Crippen LogP contribution in [0, 0.1) is 0 Å². The van der Waals surface area contributed by atoms with E-state index in [9.17, 15) is 0 Å². The van der Waals surface area contributed by atoms with Gasteiger partial charge in [0.15, 0.2) is 0 Å². The molecular formula is C16H17Cl2N3. The predicted molar refractivity (Wildman–Crippen MR) is 88.0 cm³/mol. The highest BCUT2D eigenvalue weighted by molar-refractivity contribution is 6.43. The third-order valence-corrected chi connectivity index (χ3v) is 4.67. The predicted octanol–water partition coefficient (Wildman–Crippen LogP) is 5.20. The second-order valence-corrected chi connectivity index (χ2v) is 6.17. The van der Waals surface area contributed by atoms with Gasteiger partial charge in [0, 0.05) is 11.6 Å². The lowest BCUT2D eigenvalue weighted by atomic mass is 9.95. The van der Waals surface area contributed by atoms with E-state index in [2.05, 4.69) is 15.5 Å². The molecule has 0 atom stereocenters. The van der Waals surface area contributed by atoms with Gasteiger partial charge in [0.25, 0.3) is 0 Å². The fourth-order valence-corrected chi connectivity index (χ4v) is 3.11. The third kappa shape index (κ3) is 3.47. The summed E-state index contributed by atoms with van der Waals surface area (Å²) in [4.78, 5) is 0. The number of anilines is 1. The number of hydrogen-bond acceptors (Lipinski definition) is 3. The molecule has 0 bridgehead atoms. The van der Waals surface area contributed by atoms with E-state index in [4.69, 9.17) is 23.2 Å². The van der Waals surface area contributed by atoms with Gasteiger partial charge in [-0.3, -0.25) is 0 Å².